The third-order valence-electron chi connectivity index (χ3n) is 6.53. The van der Waals surface area contributed by atoms with Crippen molar-refractivity contribution < 1.29 is 19.1 Å². The topological polar surface area (TPSA) is 60.4 Å². The van der Waals surface area contributed by atoms with E-state index in [0.29, 0.717) is 6.42 Å². The number of ketones is 2. The fourth-order valence-corrected chi connectivity index (χ4v) is 6.75. The second kappa shape index (κ2) is 4.94. The predicted molar refractivity (Wildman–Crippen MR) is 89.6 cm³/mol. The minimum Gasteiger partial charge on any atom is -0.468 e. The lowest BCUT2D eigenvalue weighted by molar-refractivity contribution is -0.166. The number of carbonyl (C=O) groups is 3. The maximum absolute atomic E-state index is 13.4. The van der Waals surface area contributed by atoms with Gasteiger partial charge in [0.15, 0.2) is 17.0 Å². The maximum atomic E-state index is 13.4. The number of methoxy groups -OCH3 is 1. The Hall–Kier alpha value is -1.62. The highest BCUT2D eigenvalue weighted by Crippen LogP contribution is 2.79. The Morgan fingerprint density at radius 3 is 2.42 bits per heavy atom. The van der Waals surface area contributed by atoms with Crippen molar-refractivity contribution in [1.82, 2.24) is 0 Å². The summed E-state index contributed by atoms with van der Waals surface area (Å²) in [5.41, 5.74) is -2.44. The van der Waals surface area contributed by atoms with E-state index in [1.165, 1.54) is 18.9 Å². The van der Waals surface area contributed by atoms with Crippen molar-refractivity contribution in [2.45, 2.75) is 42.8 Å². The highest BCUT2D eigenvalue weighted by atomic mass is 32.2. The second-order valence-corrected chi connectivity index (χ2v) is 8.49. The lowest BCUT2D eigenvalue weighted by Crippen LogP contribution is -2.54. The summed E-state index contributed by atoms with van der Waals surface area (Å²) in [5, 5.41) is -0.685. The van der Waals surface area contributed by atoms with Crippen LogP contribution in [0.5, 0.6) is 0 Å². The van der Waals surface area contributed by atoms with Crippen LogP contribution >= 0.6 is 11.8 Å². The normalized spacial score (nSPS) is 36.0. The smallest absolute Gasteiger partial charge is 0.321 e. The monoisotopic (exact) mass is 344 g/mol. The van der Waals surface area contributed by atoms with E-state index in [4.69, 9.17) is 4.74 Å². The van der Waals surface area contributed by atoms with Gasteiger partial charge in [-0.3, -0.25) is 14.4 Å². The molecule has 0 amide bonds. The van der Waals surface area contributed by atoms with Crippen LogP contribution in [0.3, 0.4) is 0 Å². The first-order valence-corrected chi connectivity index (χ1v) is 9.20. The zero-order valence-electron chi connectivity index (χ0n) is 13.8. The number of esters is 1. The molecule has 4 nitrogen and oxygen atoms in total. The maximum Gasteiger partial charge on any atom is 0.321 e. The molecular formula is C19H20O4S. The fourth-order valence-electron chi connectivity index (χ4n) is 5.17. The van der Waals surface area contributed by atoms with E-state index < -0.39 is 27.5 Å². The number of carbonyl (C=O) groups excluding carboxylic acids is 3. The van der Waals surface area contributed by atoms with E-state index in [2.05, 4.69) is 0 Å². The molecule has 24 heavy (non-hydrogen) atoms. The highest BCUT2D eigenvalue weighted by Gasteiger charge is 2.86. The number of ether oxygens (including phenoxy) is 1. The van der Waals surface area contributed by atoms with Crippen molar-refractivity contribution in [3.05, 3.63) is 30.3 Å². The van der Waals surface area contributed by atoms with E-state index >= 15 is 0 Å². The molecule has 3 aliphatic carbocycles. The summed E-state index contributed by atoms with van der Waals surface area (Å²) in [6.07, 6.45) is 2.34. The van der Waals surface area contributed by atoms with Crippen molar-refractivity contribution in [3.63, 3.8) is 0 Å². The molecule has 126 valence electrons. The molecule has 0 aromatic heterocycles. The number of hydrogen-bond acceptors (Lipinski definition) is 5. The molecule has 0 N–H and O–H groups in total. The van der Waals surface area contributed by atoms with Crippen LogP contribution in [0.4, 0.5) is 0 Å². The van der Waals surface area contributed by atoms with E-state index in [1.807, 2.05) is 37.3 Å². The lowest BCUT2D eigenvalue weighted by Gasteiger charge is -2.43. The predicted octanol–water partition coefficient (Wildman–Crippen LogP) is 3.04. The van der Waals surface area contributed by atoms with Gasteiger partial charge in [-0.05, 0) is 31.4 Å². The van der Waals surface area contributed by atoms with Gasteiger partial charge in [0.1, 0.15) is 0 Å². The van der Waals surface area contributed by atoms with Crippen LogP contribution < -0.4 is 0 Å². The largest absolute Gasteiger partial charge is 0.468 e. The molecular weight excluding hydrogens is 324 g/mol. The van der Waals surface area contributed by atoms with Gasteiger partial charge in [-0.2, -0.15) is 0 Å². The quantitative estimate of drug-likeness (QED) is 0.623. The molecule has 0 aliphatic heterocycles. The fraction of sp³-hybridized carbons (Fsp3) is 0.526. The van der Waals surface area contributed by atoms with E-state index in [0.717, 1.165) is 17.7 Å². The molecule has 3 fully saturated rings. The minimum atomic E-state index is -1.31. The van der Waals surface area contributed by atoms with E-state index in [1.54, 1.807) is 0 Å². The van der Waals surface area contributed by atoms with Crippen molar-refractivity contribution in [1.29, 1.82) is 0 Å². The van der Waals surface area contributed by atoms with E-state index in [9.17, 15) is 14.4 Å². The van der Waals surface area contributed by atoms with Crippen LogP contribution in [0.2, 0.25) is 0 Å². The number of thioether (sulfide) groups is 1. The Kier molecular flexibility index (Phi) is 3.27. The molecule has 5 heteroatoms. The van der Waals surface area contributed by atoms with E-state index in [-0.39, 0.29) is 18.0 Å². The summed E-state index contributed by atoms with van der Waals surface area (Å²) in [5.74, 6) is -0.580. The van der Waals surface area contributed by atoms with Crippen LogP contribution in [0.25, 0.3) is 0 Å². The average molecular weight is 344 g/mol. The second-order valence-electron chi connectivity index (χ2n) is 7.31. The van der Waals surface area contributed by atoms with Gasteiger partial charge in [0.25, 0.3) is 0 Å². The molecule has 1 aromatic carbocycles. The van der Waals surface area contributed by atoms with Gasteiger partial charge in [-0.1, -0.05) is 25.1 Å². The van der Waals surface area contributed by atoms with Crippen LogP contribution in [-0.2, 0) is 19.1 Å². The molecule has 0 heterocycles. The Morgan fingerprint density at radius 2 is 1.83 bits per heavy atom. The van der Waals surface area contributed by atoms with Gasteiger partial charge in [0, 0.05) is 22.1 Å². The average Bonchev–Trinajstić information content (AvgIpc) is 3.38. The van der Waals surface area contributed by atoms with Gasteiger partial charge < -0.3 is 4.74 Å². The molecule has 4 rings (SSSR count). The summed E-state index contributed by atoms with van der Waals surface area (Å²) in [6, 6.07) is 9.53. The van der Waals surface area contributed by atoms with Crippen molar-refractivity contribution >= 4 is 29.3 Å². The minimum absolute atomic E-state index is 0.0464. The molecule has 1 spiro atoms. The van der Waals surface area contributed by atoms with Crippen molar-refractivity contribution in [2.75, 3.05) is 7.11 Å². The van der Waals surface area contributed by atoms with Crippen LogP contribution in [0, 0.1) is 16.2 Å². The summed E-state index contributed by atoms with van der Waals surface area (Å²) in [6.45, 7) is 1.96. The summed E-state index contributed by atoms with van der Waals surface area (Å²) in [4.78, 5) is 40.2. The first-order valence-electron chi connectivity index (χ1n) is 8.32. The number of benzene rings is 1. The molecule has 3 saturated carbocycles. The zero-order chi connectivity index (χ0) is 17.2. The number of rotatable bonds is 3. The Bertz CT molecular complexity index is 729. The summed E-state index contributed by atoms with van der Waals surface area (Å²) < 4.78 is 5.09. The molecule has 0 saturated heterocycles. The van der Waals surface area contributed by atoms with Crippen LogP contribution in [-0.4, -0.2) is 29.9 Å². The third kappa shape index (κ3) is 1.59. The molecule has 0 unspecified atom stereocenters. The van der Waals surface area contributed by atoms with Crippen LogP contribution in [0.1, 0.15) is 32.6 Å². The Balaban J connectivity index is 1.89. The van der Waals surface area contributed by atoms with Gasteiger partial charge >= 0.3 is 5.97 Å². The third-order valence-corrected chi connectivity index (χ3v) is 7.88. The zero-order valence-corrected chi connectivity index (χ0v) is 14.7. The van der Waals surface area contributed by atoms with Gasteiger partial charge in [0.05, 0.1) is 12.4 Å². The van der Waals surface area contributed by atoms with Crippen LogP contribution in [0.15, 0.2) is 35.2 Å². The van der Waals surface area contributed by atoms with Gasteiger partial charge in [0.2, 0.25) is 0 Å². The SMILES string of the molecule is COC(=O)[C@@]12C(=O)CC[C@@](C)(C(=O)[C@H]1Sc1ccccc1)C21CC1. The standard InChI is InChI=1S/C19H20O4S/c1-17-9-8-13(20)19(16(22)23-2,18(17)10-11-18)15(14(17)21)24-12-6-4-3-5-7-12/h3-7,15H,8-11H2,1-2H3/t15-,17+,19-/m1/s1. The molecule has 1 aromatic rings. The number of Topliss-reactive ketones (excluding diaryl/α,β-unsaturated/α-hetero) is 2. The van der Waals surface area contributed by atoms with Gasteiger partial charge in [-0.25, -0.2) is 0 Å². The van der Waals surface area contributed by atoms with Crippen molar-refractivity contribution in [2.24, 2.45) is 16.2 Å². The summed E-state index contributed by atoms with van der Waals surface area (Å²) >= 11 is 1.35. The Labute approximate surface area is 145 Å². The first-order chi connectivity index (χ1) is 11.4. The summed E-state index contributed by atoms with van der Waals surface area (Å²) in [7, 11) is 1.32. The molecule has 3 aliphatic rings. The first kappa shape index (κ1) is 15.9. The molecule has 3 atom stereocenters. The molecule has 2 bridgehead atoms. The lowest BCUT2D eigenvalue weighted by atomic mass is 9.57. The number of hydrogen-bond donors (Lipinski definition) is 0. The highest BCUT2D eigenvalue weighted by molar-refractivity contribution is 8.00. The Morgan fingerprint density at radius 1 is 1.17 bits per heavy atom. The molecule has 0 radical (unpaired) electrons. The van der Waals surface area contributed by atoms with Crippen molar-refractivity contribution in [3.8, 4) is 0 Å². The van der Waals surface area contributed by atoms with Gasteiger partial charge in [-0.15, -0.1) is 11.8 Å².